The van der Waals surface area contributed by atoms with Crippen molar-refractivity contribution in [3.05, 3.63) is 222 Å². The lowest BCUT2D eigenvalue weighted by Crippen LogP contribution is -2.38. The number of hydrogen-bond donors (Lipinski definition) is 9. The Bertz CT molecular complexity index is 7420. The number of aromatic nitrogens is 12. The molecule has 2 aliphatic carbocycles. The number of nitrogens with zero attached hydrogens (tertiary/aromatic N) is 15. The summed E-state index contributed by atoms with van der Waals surface area (Å²) in [5.41, 5.74) is 8.18. The van der Waals surface area contributed by atoms with Crippen LogP contribution in [0.15, 0.2) is 191 Å². The van der Waals surface area contributed by atoms with Gasteiger partial charge in [0, 0.05) is 173 Å². The molecule has 11 heterocycles. The molecule has 0 spiro atoms. The quantitative estimate of drug-likeness (QED) is 0.0189. The van der Waals surface area contributed by atoms with Gasteiger partial charge in [0.05, 0.1) is 67.9 Å². The highest BCUT2D eigenvalue weighted by Gasteiger charge is 2.37. The Hall–Kier alpha value is -15.4. The Balaban J connectivity index is 0.000000151. The van der Waals surface area contributed by atoms with E-state index >= 15 is 0 Å². The Morgan fingerprint density at radius 1 is 0.448 bits per heavy atom. The molecule has 0 atom stereocenters. The molecule has 1 fully saturated rings. The molecular weight excluding hydrogens is 1940 g/mol. The largest absolute Gasteiger partial charge is 0.493 e. The Kier molecular flexibility index (Phi) is 30.8. The van der Waals surface area contributed by atoms with Crippen molar-refractivity contribution < 1.29 is 94.8 Å². The van der Waals surface area contributed by atoms with Gasteiger partial charge >= 0.3 is 42.1 Å². The normalized spacial score (nSPS) is 13.6. The smallest absolute Gasteiger partial charge is 0.388 e. The first-order valence-corrected chi connectivity index (χ1v) is 50.5. The fraction of sp³-hybridized carbons (Fsp3) is 0.340. The number of rotatable bonds is 30. The summed E-state index contributed by atoms with van der Waals surface area (Å²) in [7, 11) is -8.36. The summed E-state index contributed by atoms with van der Waals surface area (Å²) in [5, 5.41) is 28.9. The molecule has 8 aromatic heterocycles. The van der Waals surface area contributed by atoms with Gasteiger partial charge in [-0.2, -0.15) is 72.2 Å². The van der Waals surface area contributed by atoms with Crippen LogP contribution in [0.5, 0.6) is 40.8 Å². The number of alkyl halides is 2. The van der Waals surface area contributed by atoms with E-state index in [1.807, 2.05) is 106 Å². The molecule has 3 aliphatic heterocycles. The molecule has 0 radical (unpaired) electrons. The topological polar surface area (TPSA) is 513 Å². The van der Waals surface area contributed by atoms with E-state index in [2.05, 4.69) is 90.8 Å². The standard InChI is InChI=1S/C26H32N6O5S.C24H30N6O4S.C22H20F2N6O5S.C22H22N6O5S/c1-26(2,16-31(3)4)32-13-10-23(29-32)38(34,35)30-25(33)28-24-19(7-8-21-20(24)11-14-36-21)17-9-12-27-22(15-17)37-18-5-6-18;1-24(2,15-25-3)30-13-11-21(28-30)35(32,33)29-23(31)27-22-18-7-5-6-16(18)8-9-19(22)17-10-12-26-20(14-17)34-4;1-22(2,25-3)30-10-7-18(28-30)36(32,33)29-21(31)27-19-14(4-5-16-15(19)8-11-34-16)13-6-9-26-17(12-13)35-20(23)24;1-22(2,23-3)28-11-8-19(26-28)34(30,31)27-21(29)25-20-15(5-6-17-16(20)9-12-33-17)14-7-10-24-18(13-14)32-4/h7-10,12-13,15,18H,5-6,11,14,16H2,1-4H3,(H2,28,30,33);8-14,25H,5-7,15H2,1-4H3,(H2,27,29,31);4-7,9-10,12,20H,8,11H2,1-2H3,(H2,27,29,31);5-8,10-11,13H,9,12H2,1-2,4H3,(H2,25,27,29). The third-order valence-corrected chi connectivity index (χ3v) is 27.9. The second-order valence-electron chi connectivity index (χ2n) is 35.5. The minimum Gasteiger partial charge on any atom is -0.493 e. The number of pyridine rings is 4. The number of likely N-dealkylation sites (N-methyl/N-ethyl adjacent to an activating group) is 2. The molecule has 1 saturated carbocycles. The summed E-state index contributed by atoms with van der Waals surface area (Å²) in [6.45, 7) is 28.0. The number of nitrogens with one attached hydrogen (secondary N) is 9. The van der Waals surface area contributed by atoms with Gasteiger partial charge in [0.1, 0.15) is 23.4 Å². The first-order valence-electron chi connectivity index (χ1n) is 44.5. The zero-order valence-corrected chi connectivity index (χ0v) is 83.1. The van der Waals surface area contributed by atoms with Gasteiger partial charge in [-0.15, -0.1) is 0 Å². The van der Waals surface area contributed by atoms with Crippen LogP contribution in [0.4, 0.5) is 50.7 Å². The number of methoxy groups -OCH3 is 2. The van der Waals surface area contributed by atoms with E-state index in [4.69, 9.17) is 41.6 Å². The van der Waals surface area contributed by atoms with E-state index in [1.54, 1.807) is 111 Å². The molecule has 43 nitrogen and oxygen atoms in total. The molecule has 17 rings (SSSR count). The van der Waals surface area contributed by atoms with Crippen molar-refractivity contribution in [3.8, 4) is 85.3 Å². The zero-order chi connectivity index (χ0) is 103. The summed E-state index contributed by atoms with van der Waals surface area (Å²) in [6, 6.07) is 29.4. The fourth-order valence-electron chi connectivity index (χ4n) is 15.9. The summed E-state index contributed by atoms with van der Waals surface area (Å²) < 4.78 is 179. The summed E-state index contributed by atoms with van der Waals surface area (Å²) >= 11 is 0. The van der Waals surface area contributed by atoms with Crippen LogP contribution in [-0.4, -0.2) is 203 Å². The monoisotopic (exact) mass is 2040 g/mol. The second-order valence-corrected chi connectivity index (χ2v) is 42.1. The van der Waals surface area contributed by atoms with Gasteiger partial charge in [-0.3, -0.25) is 19.1 Å². The van der Waals surface area contributed by atoms with Crippen molar-refractivity contribution >= 4 is 87.0 Å². The number of halogens is 2. The molecule has 12 aromatic rings. The van der Waals surface area contributed by atoms with E-state index < -0.39 is 98.3 Å². The second kappa shape index (κ2) is 42.5. The molecule has 752 valence electrons. The fourth-order valence-corrected chi connectivity index (χ4v) is 19.3. The molecule has 4 aromatic carbocycles. The molecule has 5 aliphatic rings. The third kappa shape index (κ3) is 24.6. The van der Waals surface area contributed by atoms with Crippen molar-refractivity contribution in [1.82, 2.24) is 88.2 Å². The number of hydrogen-bond acceptors (Lipinski definition) is 29. The third-order valence-electron chi connectivity index (χ3n) is 23.0. The number of ether oxygens (including phenoxy) is 7. The molecule has 0 bridgehead atoms. The van der Waals surface area contributed by atoms with Crippen molar-refractivity contribution in [2.45, 2.75) is 162 Å². The summed E-state index contributed by atoms with van der Waals surface area (Å²) in [5.74, 6) is 2.78. The number of amides is 8. The van der Waals surface area contributed by atoms with Crippen LogP contribution in [0, 0.1) is 13.1 Å². The number of aryl methyl sites for hydroxylation is 1. The Morgan fingerprint density at radius 2 is 0.776 bits per heavy atom. The van der Waals surface area contributed by atoms with Gasteiger partial charge in [-0.25, -0.2) is 71.1 Å². The van der Waals surface area contributed by atoms with Crippen molar-refractivity contribution in [1.29, 1.82) is 0 Å². The first-order chi connectivity index (χ1) is 67.8. The van der Waals surface area contributed by atoms with Crippen molar-refractivity contribution in [2.24, 2.45) is 0 Å². The van der Waals surface area contributed by atoms with Crippen LogP contribution in [0.25, 0.3) is 54.2 Å². The lowest BCUT2D eigenvalue weighted by atomic mass is 9.98. The lowest BCUT2D eigenvalue weighted by Gasteiger charge is -2.28. The molecule has 0 unspecified atom stereocenters. The van der Waals surface area contributed by atoms with Gasteiger partial charge in [0.25, 0.3) is 40.1 Å². The minimum atomic E-state index is -4.38. The number of carbonyl (C=O) groups is 4. The molecule has 0 saturated heterocycles. The van der Waals surface area contributed by atoms with E-state index in [0.29, 0.717) is 132 Å². The predicted molar refractivity (Wildman–Crippen MR) is 521 cm³/mol. The number of sulfonamides is 4. The van der Waals surface area contributed by atoms with Gasteiger partial charge in [-0.05, 0) is 199 Å². The number of benzene rings is 4. The van der Waals surface area contributed by atoms with Crippen LogP contribution in [-0.2, 0) is 94.6 Å². The highest BCUT2D eigenvalue weighted by atomic mass is 32.2. The van der Waals surface area contributed by atoms with Gasteiger partial charge < -0.3 is 64.6 Å². The molecule has 8 amide bonds. The maximum Gasteiger partial charge on any atom is 0.388 e. The maximum atomic E-state index is 13.0. The molecular formula is C94H104F2N24O19S4. The summed E-state index contributed by atoms with van der Waals surface area (Å²) in [4.78, 5) is 76.6. The summed E-state index contributed by atoms with van der Waals surface area (Å²) in [6.07, 6.45) is 18.4. The van der Waals surface area contributed by atoms with Crippen LogP contribution >= 0.6 is 0 Å². The minimum absolute atomic E-state index is 0.191. The Morgan fingerprint density at radius 3 is 1.13 bits per heavy atom. The zero-order valence-electron chi connectivity index (χ0n) is 79.9. The van der Waals surface area contributed by atoms with E-state index in [-0.39, 0.29) is 32.7 Å². The first kappa shape index (κ1) is 103. The van der Waals surface area contributed by atoms with Crippen molar-refractivity contribution in [2.75, 3.05) is 89.5 Å². The SMILES string of the molecule is CN(C)CC(C)(C)n1ccc(S(=O)(=O)NC(=O)Nc2c(-c3ccnc(OC4CC4)c3)ccc3c2CCO3)n1.CNCC(C)(C)n1ccc(S(=O)(=O)NC(=O)Nc2c(-c3ccnc(OC)c3)ccc3c2CCC3)n1.[C-]#[N+]C(C)(C)n1ccc(S(=O)(=O)NC(=O)Nc2c(-c3ccnc(OC(F)F)c3)ccc3c2CCO3)n1.[C-]#[N+]C(C)(C)n1ccc(S(=O)(=O)NC(=O)Nc2c(-c3ccnc(OC)c3)ccc3c2CCO3)n1. The maximum absolute atomic E-state index is 13.0. The Labute approximate surface area is 823 Å². The number of urea groups is 4. The van der Waals surface area contributed by atoms with Crippen LogP contribution in [0.1, 0.15) is 102 Å². The average molecular weight is 2040 g/mol. The lowest BCUT2D eigenvalue weighted by molar-refractivity contribution is -0.0528. The van der Waals surface area contributed by atoms with Crippen LogP contribution < -0.4 is 78.6 Å². The van der Waals surface area contributed by atoms with E-state index in [0.717, 1.165) is 76.6 Å². The van der Waals surface area contributed by atoms with Crippen LogP contribution in [0.2, 0.25) is 0 Å². The van der Waals surface area contributed by atoms with Crippen molar-refractivity contribution in [3.63, 3.8) is 0 Å². The molecule has 49 heteroatoms. The highest BCUT2D eigenvalue weighted by Crippen LogP contribution is 2.46. The van der Waals surface area contributed by atoms with Gasteiger partial charge in [0.2, 0.25) is 23.5 Å². The number of carbonyl (C=O) groups excluding carboxylic acids is 4. The van der Waals surface area contributed by atoms with Crippen LogP contribution in [0.3, 0.4) is 0 Å². The molecule has 143 heavy (non-hydrogen) atoms. The predicted octanol–water partition coefficient (Wildman–Crippen LogP) is 12.8. The number of anilines is 4. The van der Waals surface area contributed by atoms with Gasteiger partial charge in [0.15, 0.2) is 20.1 Å². The van der Waals surface area contributed by atoms with Gasteiger partial charge in [-0.1, -0.05) is 12.1 Å². The van der Waals surface area contributed by atoms with E-state index in [1.165, 1.54) is 78.6 Å². The highest BCUT2D eigenvalue weighted by molar-refractivity contribution is 7.90. The van der Waals surface area contributed by atoms with E-state index in [9.17, 15) is 61.6 Å². The average Bonchev–Trinajstić information content (AvgIpc) is 1.72. The number of fused-ring (bicyclic) bond motifs is 4. The molecule has 9 N–H and O–H groups in total.